The van der Waals surface area contributed by atoms with E-state index in [0.717, 1.165) is 0 Å². The van der Waals surface area contributed by atoms with Crippen molar-refractivity contribution in [3.8, 4) is 0 Å². The zero-order chi connectivity index (χ0) is 0. The molecule has 0 saturated carbocycles. The maximum absolute atomic E-state index is 0. The van der Waals surface area contributed by atoms with Crippen LogP contribution in [0.1, 0.15) is 1.43 Å². The molecule has 0 atom stereocenters. The average Bonchev–Trinajstić information content (AvgIpc) is 0. The van der Waals surface area contributed by atoms with Crippen molar-refractivity contribution in [2.24, 2.45) is 0 Å². The van der Waals surface area contributed by atoms with E-state index < -0.39 is 0 Å². The second-order valence-corrected chi connectivity index (χ2v) is 0. The van der Waals surface area contributed by atoms with Crippen molar-refractivity contribution >= 4 is 74.4 Å². The molecule has 0 heterocycles. The van der Waals surface area contributed by atoms with E-state index in [2.05, 4.69) is 0 Å². The van der Waals surface area contributed by atoms with Crippen molar-refractivity contribution in [1.29, 1.82) is 0 Å². The zero-order valence-corrected chi connectivity index (χ0v) is 13.4. The van der Waals surface area contributed by atoms with E-state index in [0.29, 0.717) is 0 Å². The molecule has 0 fully saturated rings. The third kappa shape index (κ3) is 50.6. The van der Waals surface area contributed by atoms with Crippen LogP contribution < -0.4 is 51.4 Å². The van der Waals surface area contributed by atoms with Gasteiger partial charge in [0.1, 0.15) is 0 Å². The van der Waals surface area contributed by atoms with Crippen LogP contribution in [0.15, 0.2) is 0 Å². The molecule has 0 aliphatic rings. The molecule has 0 N–H and O–H groups in total. The van der Waals surface area contributed by atoms with Crippen LogP contribution in [0.3, 0.4) is 0 Å². The summed E-state index contributed by atoms with van der Waals surface area (Å²) in [6, 6.07) is 0. The minimum atomic E-state index is 0. The maximum atomic E-state index is 0. The van der Waals surface area contributed by atoms with Gasteiger partial charge in [0.15, 0.2) is 0 Å². The van der Waals surface area contributed by atoms with Crippen LogP contribution in [-0.2, 0) is 19.5 Å². The SMILES string of the molecule is Cl.Cl.Cl.Cl.Cl.Cl.[H-].[K+].[Rh]. The van der Waals surface area contributed by atoms with Gasteiger partial charge in [-0.05, 0) is 0 Å². The van der Waals surface area contributed by atoms with Gasteiger partial charge in [0, 0.05) is 19.5 Å². The smallest absolute Gasteiger partial charge is 1.00 e. The van der Waals surface area contributed by atoms with E-state index in [4.69, 9.17) is 0 Å². The van der Waals surface area contributed by atoms with Gasteiger partial charge in [-0.1, -0.05) is 0 Å². The molecule has 8 heavy (non-hydrogen) atoms. The van der Waals surface area contributed by atoms with Gasteiger partial charge in [-0.15, -0.1) is 74.4 Å². The summed E-state index contributed by atoms with van der Waals surface area (Å²) in [5, 5.41) is 0. The summed E-state index contributed by atoms with van der Waals surface area (Å²) in [5.74, 6) is 0. The molecule has 0 aliphatic carbocycles. The van der Waals surface area contributed by atoms with Crippen LogP contribution in [0, 0.1) is 0 Å². The molecule has 59 valence electrons. The second-order valence-electron chi connectivity index (χ2n) is 0. The third-order valence-corrected chi connectivity index (χ3v) is 0. The van der Waals surface area contributed by atoms with Gasteiger partial charge in [-0.3, -0.25) is 0 Å². The fourth-order valence-electron chi connectivity index (χ4n) is 0. The number of hydrogen-bond acceptors (Lipinski definition) is 0. The van der Waals surface area contributed by atoms with Crippen molar-refractivity contribution in [3.63, 3.8) is 0 Å². The fraction of sp³-hybridized carbons (Fsp3) is 0. The Labute approximate surface area is 144 Å². The quantitative estimate of drug-likeness (QED) is 0.517. The van der Waals surface area contributed by atoms with Crippen LogP contribution in [0.4, 0.5) is 0 Å². The van der Waals surface area contributed by atoms with E-state index in [9.17, 15) is 0 Å². The van der Waals surface area contributed by atoms with Gasteiger partial charge in [0.05, 0.1) is 0 Å². The Bertz CT molecular complexity index is 13.0. The molecule has 0 aromatic heterocycles. The predicted molar refractivity (Wildman–Crippen MR) is 44.6 cm³/mol. The Morgan fingerprint density at radius 1 is 0.500 bits per heavy atom. The summed E-state index contributed by atoms with van der Waals surface area (Å²) in [6.45, 7) is 0. The van der Waals surface area contributed by atoms with E-state index in [1.165, 1.54) is 0 Å². The van der Waals surface area contributed by atoms with E-state index in [1.807, 2.05) is 0 Å². The average molecular weight is 362 g/mol. The molecule has 0 spiro atoms. The predicted octanol–water partition coefficient (Wildman–Crippen LogP) is -0.355. The van der Waals surface area contributed by atoms with Crippen molar-refractivity contribution in [3.05, 3.63) is 0 Å². The van der Waals surface area contributed by atoms with Crippen LogP contribution >= 0.6 is 74.4 Å². The van der Waals surface area contributed by atoms with E-state index >= 15 is 0 Å². The van der Waals surface area contributed by atoms with Gasteiger partial charge >= 0.3 is 51.4 Å². The molecule has 0 amide bonds. The monoisotopic (exact) mass is 359 g/mol. The van der Waals surface area contributed by atoms with Crippen LogP contribution in [0.5, 0.6) is 0 Å². The second kappa shape index (κ2) is 68.8. The van der Waals surface area contributed by atoms with Crippen LogP contribution in [0.2, 0.25) is 0 Å². The van der Waals surface area contributed by atoms with Gasteiger partial charge in [-0.25, -0.2) is 0 Å². The van der Waals surface area contributed by atoms with Crippen molar-refractivity contribution < 1.29 is 72.3 Å². The molecule has 0 nitrogen and oxygen atoms in total. The number of rotatable bonds is 0. The molecule has 8 heteroatoms. The summed E-state index contributed by atoms with van der Waals surface area (Å²) in [6.07, 6.45) is 0. The number of halogens is 6. The summed E-state index contributed by atoms with van der Waals surface area (Å²) in [4.78, 5) is 0. The van der Waals surface area contributed by atoms with Crippen LogP contribution in [0.25, 0.3) is 0 Å². The van der Waals surface area contributed by atoms with Gasteiger partial charge < -0.3 is 1.43 Å². The van der Waals surface area contributed by atoms with Gasteiger partial charge in [0.2, 0.25) is 0 Å². The summed E-state index contributed by atoms with van der Waals surface area (Å²) >= 11 is 0. The first kappa shape index (κ1) is 90.8. The first-order valence-electron chi connectivity index (χ1n) is 0. The maximum Gasteiger partial charge on any atom is 1.00 e. The van der Waals surface area contributed by atoms with Crippen molar-refractivity contribution in [2.75, 3.05) is 0 Å². The molecular weight excluding hydrogens is 355 g/mol. The fourth-order valence-corrected chi connectivity index (χ4v) is 0. The normalized spacial score (nSPS) is 0. The summed E-state index contributed by atoms with van der Waals surface area (Å²) in [7, 11) is 0. The standard InChI is InChI=1S/6ClH.K.Rh.H/h6*1H;;;/q;;;;;;+1;;-1. The first-order chi connectivity index (χ1) is 0. The summed E-state index contributed by atoms with van der Waals surface area (Å²) < 4.78 is 0. The van der Waals surface area contributed by atoms with E-state index in [1.54, 1.807) is 0 Å². The van der Waals surface area contributed by atoms with E-state index in [-0.39, 0.29) is 147 Å². The Hall–Kier alpha value is 4.00. The Morgan fingerprint density at radius 3 is 0.500 bits per heavy atom. The zero-order valence-electron chi connectivity index (χ0n) is 4.78. The first-order valence-corrected chi connectivity index (χ1v) is 0. The van der Waals surface area contributed by atoms with Gasteiger partial charge in [0.25, 0.3) is 0 Å². The number of hydrogen-bond donors (Lipinski definition) is 0. The van der Waals surface area contributed by atoms with Gasteiger partial charge in [-0.2, -0.15) is 0 Å². The van der Waals surface area contributed by atoms with Crippen molar-refractivity contribution in [1.82, 2.24) is 0 Å². The molecule has 0 aromatic rings. The molecule has 0 aromatic carbocycles. The van der Waals surface area contributed by atoms with Crippen molar-refractivity contribution in [2.45, 2.75) is 0 Å². The third-order valence-electron chi connectivity index (χ3n) is 0. The molecule has 0 aliphatic heterocycles. The topological polar surface area (TPSA) is 0 Å². The molecular formula is H7Cl6KRh. The van der Waals surface area contributed by atoms with Crippen LogP contribution in [-0.4, -0.2) is 0 Å². The minimum Gasteiger partial charge on any atom is -1.00 e. The molecule has 0 saturated heterocycles. The Balaban J connectivity index is 0. The molecule has 0 rings (SSSR count). The molecule has 0 unspecified atom stereocenters. The molecule has 0 bridgehead atoms. The largest absolute Gasteiger partial charge is 1.00 e. The Morgan fingerprint density at radius 2 is 0.500 bits per heavy atom. The minimum absolute atomic E-state index is 0. The molecule has 1 radical (unpaired) electrons. The summed E-state index contributed by atoms with van der Waals surface area (Å²) in [5.41, 5.74) is 0. The Kier molecular flexibility index (Phi) is 780.